The SMILES string of the molecule is COC(=O)c1cc(OC)c(OC)cc1NCC(=O)Nc1ccc(C(C)(C)C)cc1. The van der Waals surface area contributed by atoms with Crippen LogP contribution in [0.4, 0.5) is 11.4 Å². The number of ether oxygens (including phenoxy) is 3. The van der Waals surface area contributed by atoms with Gasteiger partial charge in [-0.3, -0.25) is 4.79 Å². The summed E-state index contributed by atoms with van der Waals surface area (Å²) in [5.41, 5.74) is 2.58. The van der Waals surface area contributed by atoms with Crippen LogP contribution in [0, 0.1) is 0 Å². The highest BCUT2D eigenvalue weighted by atomic mass is 16.5. The van der Waals surface area contributed by atoms with Crippen molar-refractivity contribution in [1.29, 1.82) is 0 Å². The van der Waals surface area contributed by atoms with Gasteiger partial charge in [-0.15, -0.1) is 0 Å². The van der Waals surface area contributed by atoms with Crippen molar-refractivity contribution in [3.63, 3.8) is 0 Å². The van der Waals surface area contributed by atoms with Gasteiger partial charge >= 0.3 is 5.97 Å². The average Bonchev–Trinajstić information content (AvgIpc) is 2.70. The van der Waals surface area contributed by atoms with Crippen LogP contribution >= 0.6 is 0 Å². The molecule has 0 aliphatic rings. The highest BCUT2D eigenvalue weighted by Gasteiger charge is 2.18. The molecule has 0 saturated heterocycles. The Morgan fingerprint density at radius 2 is 1.52 bits per heavy atom. The minimum absolute atomic E-state index is 0.0412. The fourth-order valence-electron chi connectivity index (χ4n) is 2.74. The lowest BCUT2D eigenvalue weighted by Crippen LogP contribution is -2.23. The normalized spacial score (nSPS) is 10.8. The van der Waals surface area contributed by atoms with E-state index >= 15 is 0 Å². The average molecular weight is 400 g/mol. The van der Waals surface area contributed by atoms with Crippen LogP contribution in [0.15, 0.2) is 36.4 Å². The van der Waals surface area contributed by atoms with Gasteiger partial charge in [0.25, 0.3) is 0 Å². The van der Waals surface area contributed by atoms with Gasteiger partial charge in [-0.25, -0.2) is 4.79 Å². The summed E-state index contributed by atoms with van der Waals surface area (Å²) < 4.78 is 15.3. The third kappa shape index (κ3) is 5.63. The number of rotatable bonds is 7. The largest absolute Gasteiger partial charge is 0.493 e. The van der Waals surface area contributed by atoms with Gasteiger partial charge < -0.3 is 24.8 Å². The van der Waals surface area contributed by atoms with E-state index in [2.05, 4.69) is 31.4 Å². The molecule has 2 aromatic carbocycles. The van der Waals surface area contributed by atoms with Gasteiger partial charge in [0.05, 0.1) is 39.1 Å². The summed E-state index contributed by atoms with van der Waals surface area (Å²) in [6, 6.07) is 10.8. The number of nitrogens with one attached hydrogen (secondary N) is 2. The van der Waals surface area contributed by atoms with Crippen molar-refractivity contribution < 1.29 is 23.8 Å². The van der Waals surface area contributed by atoms with Crippen LogP contribution in [0.3, 0.4) is 0 Å². The van der Waals surface area contributed by atoms with Crippen molar-refractivity contribution in [2.24, 2.45) is 0 Å². The maximum absolute atomic E-state index is 12.4. The number of hydrogen-bond acceptors (Lipinski definition) is 6. The van der Waals surface area contributed by atoms with E-state index in [9.17, 15) is 9.59 Å². The molecule has 2 N–H and O–H groups in total. The molecule has 2 aromatic rings. The fourth-order valence-corrected chi connectivity index (χ4v) is 2.74. The van der Waals surface area contributed by atoms with Crippen molar-refractivity contribution in [1.82, 2.24) is 0 Å². The van der Waals surface area contributed by atoms with E-state index in [-0.39, 0.29) is 23.4 Å². The van der Waals surface area contributed by atoms with Gasteiger partial charge in [-0.2, -0.15) is 0 Å². The molecule has 0 heterocycles. The number of amides is 1. The Labute approximate surface area is 171 Å². The quantitative estimate of drug-likeness (QED) is 0.687. The highest BCUT2D eigenvalue weighted by molar-refractivity contribution is 5.99. The van der Waals surface area contributed by atoms with Crippen LogP contribution in [0.5, 0.6) is 11.5 Å². The van der Waals surface area contributed by atoms with Crippen LogP contribution in [0.1, 0.15) is 36.7 Å². The fraction of sp³-hybridized carbons (Fsp3) is 0.364. The number of carbonyl (C=O) groups is 2. The zero-order valence-corrected chi connectivity index (χ0v) is 17.7. The molecule has 7 heteroatoms. The summed E-state index contributed by atoms with van der Waals surface area (Å²) in [6.07, 6.45) is 0. The molecule has 0 aliphatic heterocycles. The Hall–Kier alpha value is -3.22. The van der Waals surface area contributed by atoms with E-state index in [1.807, 2.05) is 24.3 Å². The molecule has 156 valence electrons. The summed E-state index contributed by atoms with van der Waals surface area (Å²) in [5.74, 6) is 0.0217. The number of benzene rings is 2. The lowest BCUT2D eigenvalue weighted by molar-refractivity contribution is -0.114. The molecule has 0 aromatic heterocycles. The smallest absolute Gasteiger partial charge is 0.340 e. The van der Waals surface area contributed by atoms with Gasteiger partial charge in [0.15, 0.2) is 11.5 Å². The van der Waals surface area contributed by atoms with Crippen molar-refractivity contribution in [2.45, 2.75) is 26.2 Å². The molecule has 1 amide bonds. The maximum atomic E-state index is 12.4. The zero-order valence-electron chi connectivity index (χ0n) is 17.7. The van der Waals surface area contributed by atoms with Crippen molar-refractivity contribution in [3.8, 4) is 11.5 Å². The van der Waals surface area contributed by atoms with Crippen LogP contribution in [0.25, 0.3) is 0 Å². The maximum Gasteiger partial charge on any atom is 0.340 e. The zero-order chi connectivity index (χ0) is 21.6. The molecular formula is C22H28N2O5. The van der Waals surface area contributed by atoms with E-state index in [1.165, 1.54) is 33.0 Å². The lowest BCUT2D eigenvalue weighted by atomic mass is 9.87. The molecule has 0 fully saturated rings. The Balaban J connectivity index is 2.11. The lowest BCUT2D eigenvalue weighted by Gasteiger charge is -2.19. The topological polar surface area (TPSA) is 85.9 Å². The summed E-state index contributed by atoms with van der Waals surface area (Å²) in [7, 11) is 4.26. The summed E-state index contributed by atoms with van der Waals surface area (Å²) in [5, 5.41) is 5.79. The Morgan fingerprint density at radius 1 is 0.931 bits per heavy atom. The van der Waals surface area contributed by atoms with Crippen molar-refractivity contribution in [3.05, 3.63) is 47.5 Å². The monoisotopic (exact) mass is 400 g/mol. The predicted molar refractivity (Wildman–Crippen MR) is 113 cm³/mol. The number of anilines is 2. The van der Waals surface area contributed by atoms with Gasteiger partial charge in [-0.05, 0) is 23.1 Å². The molecule has 2 rings (SSSR count). The molecule has 0 saturated carbocycles. The first kappa shape index (κ1) is 22.1. The number of esters is 1. The van der Waals surface area contributed by atoms with Gasteiger partial charge in [0, 0.05) is 17.8 Å². The van der Waals surface area contributed by atoms with E-state index in [4.69, 9.17) is 14.2 Å². The van der Waals surface area contributed by atoms with E-state index in [1.54, 1.807) is 6.07 Å². The first-order valence-corrected chi connectivity index (χ1v) is 9.18. The first-order chi connectivity index (χ1) is 13.7. The number of hydrogen-bond donors (Lipinski definition) is 2. The molecular weight excluding hydrogens is 372 g/mol. The molecule has 0 unspecified atom stereocenters. The molecule has 0 radical (unpaired) electrons. The minimum Gasteiger partial charge on any atom is -0.493 e. The van der Waals surface area contributed by atoms with E-state index in [0.29, 0.717) is 22.9 Å². The van der Waals surface area contributed by atoms with Gasteiger partial charge in [0.2, 0.25) is 5.91 Å². The summed E-state index contributed by atoms with van der Waals surface area (Å²) >= 11 is 0. The Bertz CT molecular complexity index is 870. The molecule has 0 aliphatic carbocycles. The third-order valence-electron chi connectivity index (χ3n) is 4.40. The second-order valence-electron chi connectivity index (χ2n) is 7.47. The van der Waals surface area contributed by atoms with Crippen molar-refractivity contribution in [2.75, 3.05) is 38.5 Å². The van der Waals surface area contributed by atoms with Gasteiger partial charge in [-0.1, -0.05) is 32.9 Å². The third-order valence-corrected chi connectivity index (χ3v) is 4.40. The van der Waals surface area contributed by atoms with Gasteiger partial charge in [0.1, 0.15) is 0 Å². The highest BCUT2D eigenvalue weighted by Crippen LogP contribution is 2.33. The van der Waals surface area contributed by atoms with E-state index < -0.39 is 5.97 Å². The summed E-state index contributed by atoms with van der Waals surface area (Å²) in [6.45, 7) is 6.35. The number of carbonyl (C=O) groups excluding carboxylic acids is 2. The Morgan fingerprint density at radius 3 is 2.03 bits per heavy atom. The van der Waals surface area contributed by atoms with Crippen LogP contribution in [0.2, 0.25) is 0 Å². The Kier molecular flexibility index (Phi) is 7.09. The summed E-state index contributed by atoms with van der Waals surface area (Å²) in [4.78, 5) is 24.4. The van der Waals surface area contributed by atoms with E-state index in [0.717, 1.165) is 0 Å². The molecule has 0 bridgehead atoms. The predicted octanol–water partition coefficient (Wildman–Crippen LogP) is 3.84. The van der Waals surface area contributed by atoms with Crippen molar-refractivity contribution >= 4 is 23.3 Å². The number of methoxy groups -OCH3 is 3. The standard InChI is InChI=1S/C22H28N2O5/c1-22(2,3)14-7-9-15(10-8-14)24-20(25)13-23-17-12-19(28-5)18(27-4)11-16(17)21(26)29-6/h7-12,23H,13H2,1-6H3,(H,24,25). The van der Waals surface area contributed by atoms with Crippen LogP contribution < -0.4 is 20.1 Å². The first-order valence-electron chi connectivity index (χ1n) is 9.18. The molecule has 7 nitrogen and oxygen atoms in total. The second kappa shape index (κ2) is 9.32. The van der Waals surface area contributed by atoms with Crippen LogP contribution in [-0.2, 0) is 14.9 Å². The molecule has 0 atom stereocenters. The van der Waals surface area contributed by atoms with Crippen LogP contribution in [-0.4, -0.2) is 39.8 Å². The second-order valence-corrected chi connectivity index (χ2v) is 7.47. The molecule has 29 heavy (non-hydrogen) atoms. The minimum atomic E-state index is -0.549. The molecule has 0 spiro atoms.